The van der Waals surface area contributed by atoms with Crippen molar-refractivity contribution in [1.82, 2.24) is 0 Å². The van der Waals surface area contributed by atoms with E-state index in [0.29, 0.717) is 5.02 Å². The van der Waals surface area contributed by atoms with Crippen molar-refractivity contribution >= 4 is 17.4 Å². The Balaban J connectivity index is 2.47. The lowest BCUT2D eigenvalue weighted by molar-refractivity contribution is -0.119. The van der Waals surface area contributed by atoms with E-state index in [1.165, 1.54) is 6.07 Å². The number of rotatable bonds is 2. The first-order valence-electron chi connectivity index (χ1n) is 4.56. The maximum atomic E-state index is 11.4. The van der Waals surface area contributed by atoms with Crippen molar-refractivity contribution in [3.63, 3.8) is 0 Å². The van der Waals surface area contributed by atoms with Crippen LogP contribution in [-0.4, -0.2) is 10.9 Å². The SMILES string of the molecule is CC(=O)C1(c2ccc(O)cc2Cl)CC1. The van der Waals surface area contributed by atoms with Crippen molar-refractivity contribution in [2.24, 2.45) is 0 Å². The maximum absolute atomic E-state index is 11.4. The predicted molar refractivity (Wildman–Crippen MR) is 54.7 cm³/mol. The summed E-state index contributed by atoms with van der Waals surface area (Å²) >= 11 is 5.99. The van der Waals surface area contributed by atoms with E-state index in [-0.39, 0.29) is 16.9 Å². The van der Waals surface area contributed by atoms with Gasteiger partial charge in [0.1, 0.15) is 11.5 Å². The second kappa shape index (κ2) is 2.99. The molecule has 0 heterocycles. The molecule has 0 atom stereocenters. The van der Waals surface area contributed by atoms with Crippen molar-refractivity contribution in [3.05, 3.63) is 28.8 Å². The zero-order valence-corrected chi connectivity index (χ0v) is 8.64. The molecule has 0 unspecified atom stereocenters. The largest absolute Gasteiger partial charge is 0.508 e. The number of ketones is 1. The van der Waals surface area contributed by atoms with Gasteiger partial charge in [-0.05, 0) is 37.5 Å². The van der Waals surface area contributed by atoms with Crippen LogP contribution in [0.15, 0.2) is 18.2 Å². The number of Topliss-reactive ketones (excluding diaryl/α,β-unsaturated/α-hetero) is 1. The Morgan fingerprint density at radius 1 is 1.50 bits per heavy atom. The summed E-state index contributed by atoms with van der Waals surface area (Å²) in [6, 6.07) is 4.80. The van der Waals surface area contributed by atoms with Crippen LogP contribution in [0, 0.1) is 0 Å². The Kier molecular flexibility index (Phi) is 2.04. The predicted octanol–water partition coefficient (Wildman–Crippen LogP) is 2.67. The molecule has 1 saturated carbocycles. The van der Waals surface area contributed by atoms with Gasteiger partial charge in [-0.25, -0.2) is 0 Å². The fourth-order valence-electron chi connectivity index (χ4n) is 1.83. The number of benzene rings is 1. The average molecular weight is 211 g/mol. The molecule has 1 aromatic rings. The molecule has 1 fully saturated rings. The molecule has 0 bridgehead atoms. The molecule has 2 rings (SSSR count). The van der Waals surface area contributed by atoms with E-state index >= 15 is 0 Å². The Labute approximate surface area is 87.5 Å². The third-order valence-corrected chi connectivity index (χ3v) is 3.20. The van der Waals surface area contributed by atoms with E-state index in [9.17, 15) is 9.90 Å². The highest BCUT2D eigenvalue weighted by Gasteiger charge is 2.49. The van der Waals surface area contributed by atoms with E-state index < -0.39 is 0 Å². The van der Waals surface area contributed by atoms with Gasteiger partial charge in [-0.2, -0.15) is 0 Å². The molecule has 0 saturated heterocycles. The molecule has 0 spiro atoms. The number of halogens is 1. The van der Waals surface area contributed by atoms with Gasteiger partial charge >= 0.3 is 0 Å². The highest BCUT2D eigenvalue weighted by Crippen LogP contribution is 2.51. The molecule has 2 nitrogen and oxygen atoms in total. The molecule has 14 heavy (non-hydrogen) atoms. The van der Waals surface area contributed by atoms with Gasteiger partial charge in [0, 0.05) is 5.02 Å². The van der Waals surface area contributed by atoms with Crippen LogP contribution in [0.5, 0.6) is 5.75 Å². The van der Waals surface area contributed by atoms with E-state index in [4.69, 9.17) is 11.6 Å². The number of phenolic OH excluding ortho intramolecular Hbond substituents is 1. The summed E-state index contributed by atoms with van der Waals surface area (Å²) in [5.41, 5.74) is 0.495. The summed E-state index contributed by atoms with van der Waals surface area (Å²) in [7, 11) is 0. The van der Waals surface area contributed by atoms with Crippen LogP contribution in [0.4, 0.5) is 0 Å². The Morgan fingerprint density at radius 2 is 2.14 bits per heavy atom. The number of carbonyl (C=O) groups excluding carboxylic acids is 1. The summed E-state index contributed by atoms with van der Waals surface area (Å²) < 4.78 is 0. The van der Waals surface area contributed by atoms with E-state index in [0.717, 1.165) is 18.4 Å². The van der Waals surface area contributed by atoms with E-state index in [1.54, 1.807) is 19.1 Å². The summed E-state index contributed by atoms with van der Waals surface area (Å²) in [6.07, 6.45) is 1.74. The first-order chi connectivity index (χ1) is 6.56. The molecular formula is C11H11ClO2. The van der Waals surface area contributed by atoms with Crippen LogP contribution < -0.4 is 0 Å². The topological polar surface area (TPSA) is 37.3 Å². The number of hydrogen-bond acceptors (Lipinski definition) is 2. The highest BCUT2D eigenvalue weighted by atomic mass is 35.5. The van der Waals surface area contributed by atoms with Crippen molar-refractivity contribution in [1.29, 1.82) is 0 Å². The molecule has 1 aliphatic rings. The van der Waals surface area contributed by atoms with Crippen LogP contribution in [0.3, 0.4) is 0 Å². The van der Waals surface area contributed by atoms with E-state index in [2.05, 4.69) is 0 Å². The Hall–Kier alpha value is -1.02. The van der Waals surface area contributed by atoms with Gasteiger partial charge < -0.3 is 5.11 Å². The molecular weight excluding hydrogens is 200 g/mol. The van der Waals surface area contributed by atoms with Crippen molar-refractivity contribution in [2.75, 3.05) is 0 Å². The monoisotopic (exact) mass is 210 g/mol. The quantitative estimate of drug-likeness (QED) is 0.815. The van der Waals surface area contributed by atoms with Crippen LogP contribution in [0.25, 0.3) is 0 Å². The molecule has 0 radical (unpaired) electrons. The van der Waals surface area contributed by atoms with Gasteiger partial charge in [0.05, 0.1) is 5.41 Å². The summed E-state index contributed by atoms with van der Waals surface area (Å²) in [4.78, 5) is 11.4. The third kappa shape index (κ3) is 1.30. The average Bonchev–Trinajstić information content (AvgIpc) is 2.84. The zero-order valence-electron chi connectivity index (χ0n) is 7.88. The fourth-order valence-corrected chi connectivity index (χ4v) is 2.18. The minimum atomic E-state index is -0.356. The maximum Gasteiger partial charge on any atom is 0.140 e. The summed E-state index contributed by atoms with van der Waals surface area (Å²) in [5, 5.41) is 9.68. The molecule has 1 N–H and O–H groups in total. The van der Waals surface area contributed by atoms with Crippen LogP contribution >= 0.6 is 11.6 Å². The number of carbonyl (C=O) groups is 1. The lowest BCUT2D eigenvalue weighted by Gasteiger charge is -2.13. The summed E-state index contributed by atoms with van der Waals surface area (Å²) in [5.74, 6) is 0.295. The normalized spacial score (nSPS) is 17.9. The Morgan fingerprint density at radius 3 is 2.57 bits per heavy atom. The van der Waals surface area contributed by atoms with Gasteiger partial charge in [-0.3, -0.25) is 4.79 Å². The van der Waals surface area contributed by atoms with Crippen molar-refractivity contribution in [3.8, 4) is 5.75 Å². The first-order valence-corrected chi connectivity index (χ1v) is 4.94. The molecule has 3 heteroatoms. The number of hydrogen-bond donors (Lipinski definition) is 1. The van der Waals surface area contributed by atoms with Gasteiger partial charge in [-0.1, -0.05) is 17.7 Å². The first kappa shape index (κ1) is 9.53. The lowest BCUT2D eigenvalue weighted by atomic mass is 9.92. The van der Waals surface area contributed by atoms with Gasteiger partial charge in [-0.15, -0.1) is 0 Å². The van der Waals surface area contributed by atoms with Crippen molar-refractivity contribution in [2.45, 2.75) is 25.2 Å². The minimum absolute atomic E-state index is 0.137. The van der Waals surface area contributed by atoms with Crippen LogP contribution in [0.1, 0.15) is 25.3 Å². The molecule has 0 aliphatic heterocycles. The molecule has 74 valence electrons. The standard InChI is InChI=1S/C11H11ClO2/c1-7(13)11(4-5-11)9-3-2-8(14)6-10(9)12/h2-3,6,14H,4-5H2,1H3. The number of phenols is 1. The van der Waals surface area contributed by atoms with E-state index in [1.807, 2.05) is 0 Å². The lowest BCUT2D eigenvalue weighted by Crippen LogP contribution is -2.17. The molecule has 1 aliphatic carbocycles. The van der Waals surface area contributed by atoms with Gasteiger partial charge in [0.15, 0.2) is 0 Å². The second-order valence-electron chi connectivity index (χ2n) is 3.80. The van der Waals surface area contributed by atoms with Crippen molar-refractivity contribution < 1.29 is 9.90 Å². The van der Waals surface area contributed by atoms with Gasteiger partial charge in [0.25, 0.3) is 0 Å². The fraction of sp³-hybridized carbons (Fsp3) is 0.364. The van der Waals surface area contributed by atoms with Crippen LogP contribution in [0.2, 0.25) is 5.02 Å². The molecule has 1 aromatic carbocycles. The third-order valence-electron chi connectivity index (χ3n) is 2.89. The van der Waals surface area contributed by atoms with Crippen LogP contribution in [-0.2, 0) is 10.2 Å². The second-order valence-corrected chi connectivity index (χ2v) is 4.21. The zero-order chi connectivity index (χ0) is 10.3. The van der Waals surface area contributed by atoms with Gasteiger partial charge in [0.2, 0.25) is 0 Å². The number of aromatic hydroxyl groups is 1. The highest BCUT2D eigenvalue weighted by molar-refractivity contribution is 6.32. The Bertz CT molecular complexity index is 394. The summed E-state index contributed by atoms with van der Waals surface area (Å²) in [6.45, 7) is 1.59. The molecule has 0 amide bonds. The molecule has 0 aromatic heterocycles. The smallest absolute Gasteiger partial charge is 0.140 e. The minimum Gasteiger partial charge on any atom is -0.508 e.